The summed E-state index contributed by atoms with van der Waals surface area (Å²) in [6, 6.07) is 16.0. The number of aromatic nitrogens is 1. The molecule has 0 saturated carbocycles. The lowest BCUT2D eigenvalue weighted by atomic mass is 10.0. The summed E-state index contributed by atoms with van der Waals surface area (Å²) in [7, 11) is 0. The lowest BCUT2D eigenvalue weighted by Crippen LogP contribution is -2.33. The number of amides is 1. The lowest BCUT2D eigenvalue weighted by molar-refractivity contribution is -0.116. The maximum atomic E-state index is 12.9. The minimum absolute atomic E-state index is 0.110. The molecule has 4 rings (SSSR count). The normalized spacial score (nSPS) is 15.2. The first-order valence-electron chi connectivity index (χ1n) is 9.09. The number of rotatable bonds is 5. The van der Waals surface area contributed by atoms with Crippen molar-refractivity contribution in [2.24, 2.45) is 0 Å². The van der Waals surface area contributed by atoms with E-state index in [-0.39, 0.29) is 17.8 Å². The molecule has 2 aromatic carbocycles. The molecule has 1 aliphatic heterocycles. The van der Waals surface area contributed by atoms with Gasteiger partial charge in [-0.1, -0.05) is 30.3 Å². The fourth-order valence-electron chi connectivity index (χ4n) is 3.23. The monoisotopic (exact) mass is 374 g/mol. The zero-order valence-electron chi connectivity index (χ0n) is 15.1. The third-order valence-corrected chi connectivity index (χ3v) is 4.62. The highest BCUT2D eigenvalue weighted by atomic mass is 19.1. The third kappa shape index (κ3) is 4.09. The van der Waals surface area contributed by atoms with Gasteiger partial charge in [-0.3, -0.25) is 9.78 Å². The molecule has 4 nitrogen and oxygen atoms in total. The van der Waals surface area contributed by atoms with Crippen LogP contribution in [0.4, 0.5) is 4.39 Å². The van der Waals surface area contributed by atoms with Crippen LogP contribution in [0, 0.1) is 5.82 Å². The number of carbonyl (C=O) groups is 1. The van der Waals surface area contributed by atoms with Crippen LogP contribution in [0.2, 0.25) is 0 Å². The van der Waals surface area contributed by atoms with Crippen molar-refractivity contribution in [3.05, 3.63) is 90.0 Å². The number of carbonyl (C=O) groups excluding carboxylic acids is 1. The van der Waals surface area contributed by atoms with Gasteiger partial charge in [-0.05, 0) is 47.0 Å². The van der Waals surface area contributed by atoms with Crippen LogP contribution >= 0.6 is 0 Å². The van der Waals surface area contributed by atoms with Crippen LogP contribution in [-0.4, -0.2) is 23.5 Å². The standard InChI is InChI=1S/C23H19FN2O2/c24-19-7-4-16(5-8-19)6-9-22(27)26-15-20-14-18-2-1-3-21(23(18)28-20)17-10-12-25-13-11-17/h1-13,20H,14-15H2,(H,26,27)/b9-6+/t20-/m0/s1. The van der Waals surface area contributed by atoms with Crippen LogP contribution in [0.15, 0.2) is 73.1 Å². The average molecular weight is 374 g/mol. The van der Waals surface area contributed by atoms with E-state index in [9.17, 15) is 9.18 Å². The van der Waals surface area contributed by atoms with E-state index in [2.05, 4.69) is 16.4 Å². The van der Waals surface area contributed by atoms with Crippen molar-refractivity contribution in [3.63, 3.8) is 0 Å². The van der Waals surface area contributed by atoms with E-state index in [4.69, 9.17) is 4.74 Å². The fraction of sp³-hybridized carbons (Fsp3) is 0.130. The summed E-state index contributed by atoms with van der Waals surface area (Å²) in [5.74, 6) is 0.360. The van der Waals surface area contributed by atoms with E-state index in [1.54, 1.807) is 30.6 Å². The molecule has 5 heteroatoms. The summed E-state index contributed by atoms with van der Waals surface area (Å²) in [6.45, 7) is 0.414. The Labute approximate surface area is 162 Å². The first-order valence-corrected chi connectivity index (χ1v) is 9.09. The highest BCUT2D eigenvalue weighted by Gasteiger charge is 2.25. The highest BCUT2D eigenvalue weighted by Crippen LogP contribution is 2.38. The van der Waals surface area contributed by atoms with Crippen molar-refractivity contribution < 1.29 is 13.9 Å². The molecule has 1 N–H and O–H groups in total. The average Bonchev–Trinajstić information content (AvgIpc) is 3.15. The van der Waals surface area contributed by atoms with Gasteiger partial charge in [0, 0.05) is 30.5 Å². The van der Waals surface area contributed by atoms with Gasteiger partial charge in [0.15, 0.2) is 0 Å². The number of fused-ring (bicyclic) bond motifs is 1. The molecule has 0 fully saturated rings. The largest absolute Gasteiger partial charge is 0.487 e. The Morgan fingerprint density at radius 2 is 1.93 bits per heavy atom. The van der Waals surface area contributed by atoms with Crippen molar-refractivity contribution >= 4 is 12.0 Å². The van der Waals surface area contributed by atoms with Crippen molar-refractivity contribution in [3.8, 4) is 16.9 Å². The van der Waals surface area contributed by atoms with Gasteiger partial charge in [0.05, 0.1) is 6.54 Å². The molecule has 0 unspecified atom stereocenters. The van der Waals surface area contributed by atoms with E-state index >= 15 is 0 Å². The molecule has 28 heavy (non-hydrogen) atoms. The van der Waals surface area contributed by atoms with Crippen LogP contribution in [0.3, 0.4) is 0 Å². The number of pyridine rings is 1. The molecule has 0 bridgehead atoms. The Morgan fingerprint density at radius 3 is 2.71 bits per heavy atom. The minimum Gasteiger partial charge on any atom is -0.487 e. The number of benzene rings is 2. The summed E-state index contributed by atoms with van der Waals surface area (Å²) in [6.07, 6.45) is 7.25. The number of ether oxygens (including phenoxy) is 1. The van der Waals surface area contributed by atoms with Gasteiger partial charge in [0.2, 0.25) is 5.91 Å². The zero-order valence-corrected chi connectivity index (χ0v) is 15.1. The number of nitrogens with zero attached hydrogens (tertiary/aromatic N) is 1. The number of nitrogens with one attached hydrogen (secondary N) is 1. The number of hydrogen-bond acceptors (Lipinski definition) is 3. The van der Waals surface area contributed by atoms with Crippen LogP contribution in [-0.2, 0) is 11.2 Å². The predicted molar refractivity (Wildman–Crippen MR) is 106 cm³/mol. The summed E-state index contributed by atoms with van der Waals surface area (Å²) in [5.41, 5.74) is 3.99. The first-order chi connectivity index (χ1) is 13.7. The lowest BCUT2D eigenvalue weighted by Gasteiger charge is -2.13. The molecule has 0 radical (unpaired) electrons. The molecule has 2 heterocycles. The van der Waals surface area contributed by atoms with Gasteiger partial charge in [0.25, 0.3) is 0 Å². The summed E-state index contributed by atoms with van der Waals surface area (Å²) >= 11 is 0. The Kier molecular flexibility index (Phi) is 5.15. The molecule has 0 aliphatic carbocycles. The highest BCUT2D eigenvalue weighted by molar-refractivity contribution is 5.91. The van der Waals surface area contributed by atoms with Gasteiger partial charge in [-0.2, -0.15) is 0 Å². The minimum atomic E-state index is -0.300. The van der Waals surface area contributed by atoms with Crippen LogP contribution in [0.5, 0.6) is 5.75 Å². The van der Waals surface area contributed by atoms with E-state index in [0.29, 0.717) is 6.54 Å². The Balaban J connectivity index is 1.36. The van der Waals surface area contributed by atoms with Gasteiger partial charge in [-0.15, -0.1) is 0 Å². The number of hydrogen-bond donors (Lipinski definition) is 1. The van der Waals surface area contributed by atoms with Gasteiger partial charge >= 0.3 is 0 Å². The topological polar surface area (TPSA) is 51.2 Å². The fourth-order valence-corrected chi connectivity index (χ4v) is 3.23. The summed E-state index contributed by atoms with van der Waals surface area (Å²) < 4.78 is 19.0. The van der Waals surface area contributed by atoms with E-state index in [1.807, 2.05) is 24.3 Å². The molecule has 1 amide bonds. The van der Waals surface area contributed by atoms with Crippen LogP contribution in [0.25, 0.3) is 17.2 Å². The Morgan fingerprint density at radius 1 is 1.14 bits per heavy atom. The molecule has 1 aliphatic rings. The molecule has 140 valence electrons. The zero-order chi connectivity index (χ0) is 19.3. The molecule has 0 spiro atoms. The van der Waals surface area contributed by atoms with Crippen molar-refractivity contribution in [2.45, 2.75) is 12.5 Å². The summed E-state index contributed by atoms with van der Waals surface area (Å²) in [5, 5.41) is 2.87. The quantitative estimate of drug-likeness (QED) is 0.686. The molecular formula is C23H19FN2O2. The molecule has 1 atom stereocenters. The smallest absolute Gasteiger partial charge is 0.244 e. The van der Waals surface area contributed by atoms with E-state index < -0.39 is 0 Å². The second kappa shape index (κ2) is 8.05. The van der Waals surface area contributed by atoms with Crippen LogP contribution < -0.4 is 10.1 Å². The SMILES string of the molecule is O=C(/C=C/c1ccc(F)cc1)NC[C@@H]1Cc2cccc(-c3ccncc3)c2O1. The second-order valence-corrected chi connectivity index (χ2v) is 6.60. The van der Waals surface area contributed by atoms with Gasteiger partial charge in [-0.25, -0.2) is 4.39 Å². The Bertz CT molecular complexity index is 1000. The van der Waals surface area contributed by atoms with Crippen molar-refractivity contribution in [1.82, 2.24) is 10.3 Å². The van der Waals surface area contributed by atoms with Crippen LogP contribution in [0.1, 0.15) is 11.1 Å². The first kappa shape index (κ1) is 17.9. The number of halogens is 1. The van der Waals surface area contributed by atoms with Crippen molar-refractivity contribution in [2.75, 3.05) is 6.54 Å². The molecular weight excluding hydrogens is 355 g/mol. The second-order valence-electron chi connectivity index (χ2n) is 6.60. The third-order valence-electron chi connectivity index (χ3n) is 4.62. The Hall–Kier alpha value is -3.47. The van der Waals surface area contributed by atoms with Gasteiger partial charge < -0.3 is 10.1 Å². The summed E-state index contributed by atoms with van der Waals surface area (Å²) in [4.78, 5) is 16.1. The predicted octanol–water partition coefficient (Wildman–Crippen LogP) is 4.02. The molecule has 1 aromatic heterocycles. The van der Waals surface area contributed by atoms with E-state index in [0.717, 1.165) is 34.4 Å². The van der Waals surface area contributed by atoms with E-state index in [1.165, 1.54) is 18.2 Å². The van der Waals surface area contributed by atoms with Gasteiger partial charge in [0.1, 0.15) is 17.7 Å². The molecule has 0 saturated heterocycles. The molecule has 3 aromatic rings. The maximum Gasteiger partial charge on any atom is 0.244 e. The van der Waals surface area contributed by atoms with Crippen molar-refractivity contribution in [1.29, 1.82) is 0 Å². The maximum absolute atomic E-state index is 12.9. The number of para-hydroxylation sites is 1.